The summed E-state index contributed by atoms with van der Waals surface area (Å²) >= 11 is 0. The molecule has 0 atom stereocenters. The second-order valence-electron chi connectivity index (χ2n) is 4.02. The molecule has 0 unspecified atom stereocenters. The molecule has 94 valence electrons. The number of phenols is 1. The maximum Gasteiger partial charge on any atom is 0.228 e. The zero-order valence-electron chi connectivity index (χ0n) is 10.2. The number of aromatic hydroxyl groups is 1. The zero-order chi connectivity index (χ0) is 13.0. The Bertz CT molecular complexity index is 523. The van der Waals surface area contributed by atoms with Crippen LogP contribution < -0.4 is 4.90 Å². The SMILES string of the molecule is CN(C(=O)CCn1ccnc1)c1cccc(O)c1. The molecule has 1 N–H and O–H groups in total. The molecule has 1 heterocycles. The predicted octanol–water partition coefficient (Wildman–Crippen LogP) is 1.64. The zero-order valence-corrected chi connectivity index (χ0v) is 10.2. The molecule has 0 fully saturated rings. The van der Waals surface area contributed by atoms with Gasteiger partial charge < -0.3 is 14.6 Å². The van der Waals surface area contributed by atoms with Crippen LogP contribution in [-0.4, -0.2) is 27.6 Å². The van der Waals surface area contributed by atoms with Gasteiger partial charge in [0, 0.05) is 44.2 Å². The Balaban J connectivity index is 1.96. The normalized spacial score (nSPS) is 10.3. The summed E-state index contributed by atoms with van der Waals surface area (Å²) in [6.45, 7) is 0.599. The first-order valence-electron chi connectivity index (χ1n) is 5.68. The van der Waals surface area contributed by atoms with Gasteiger partial charge in [-0.15, -0.1) is 0 Å². The Morgan fingerprint density at radius 2 is 2.33 bits per heavy atom. The third kappa shape index (κ3) is 2.88. The maximum atomic E-state index is 12.0. The van der Waals surface area contributed by atoms with Gasteiger partial charge in [0.25, 0.3) is 0 Å². The summed E-state index contributed by atoms with van der Waals surface area (Å²) in [4.78, 5) is 17.4. The minimum atomic E-state index is -0.00528. The highest BCUT2D eigenvalue weighted by atomic mass is 16.3. The smallest absolute Gasteiger partial charge is 0.228 e. The molecule has 0 spiro atoms. The van der Waals surface area contributed by atoms with E-state index in [1.54, 1.807) is 43.8 Å². The quantitative estimate of drug-likeness (QED) is 0.890. The second-order valence-corrected chi connectivity index (χ2v) is 4.02. The average Bonchev–Trinajstić information content (AvgIpc) is 2.88. The van der Waals surface area contributed by atoms with Crippen LogP contribution in [-0.2, 0) is 11.3 Å². The minimum Gasteiger partial charge on any atom is -0.508 e. The van der Waals surface area contributed by atoms with Gasteiger partial charge in [-0.25, -0.2) is 4.98 Å². The topological polar surface area (TPSA) is 58.4 Å². The third-order valence-corrected chi connectivity index (χ3v) is 2.73. The molecule has 18 heavy (non-hydrogen) atoms. The number of carbonyl (C=O) groups is 1. The van der Waals surface area contributed by atoms with E-state index < -0.39 is 0 Å². The van der Waals surface area contributed by atoms with Crippen molar-refractivity contribution in [2.45, 2.75) is 13.0 Å². The Kier molecular flexibility index (Phi) is 3.62. The van der Waals surface area contributed by atoms with Crippen LogP contribution in [0, 0.1) is 0 Å². The molecular weight excluding hydrogens is 230 g/mol. The van der Waals surface area contributed by atoms with Crippen LogP contribution in [0.25, 0.3) is 0 Å². The van der Waals surface area contributed by atoms with E-state index in [9.17, 15) is 9.90 Å². The lowest BCUT2D eigenvalue weighted by atomic mass is 10.2. The first-order chi connectivity index (χ1) is 8.66. The molecule has 0 radical (unpaired) electrons. The number of carbonyl (C=O) groups excluding carboxylic acids is 1. The van der Waals surface area contributed by atoms with Gasteiger partial charge in [0.15, 0.2) is 0 Å². The number of imidazole rings is 1. The molecule has 1 aromatic heterocycles. The number of amides is 1. The summed E-state index contributed by atoms with van der Waals surface area (Å²) in [6, 6.07) is 6.64. The van der Waals surface area contributed by atoms with Crippen molar-refractivity contribution in [2.75, 3.05) is 11.9 Å². The Labute approximate surface area is 105 Å². The monoisotopic (exact) mass is 245 g/mol. The van der Waals surface area contributed by atoms with E-state index in [0.29, 0.717) is 18.7 Å². The Hall–Kier alpha value is -2.30. The number of hydrogen-bond donors (Lipinski definition) is 1. The fourth-order valence-electron chi connectivity index (χ4n) is 1.66. The molecule has 0 aliphatic carbocycles. The molecule has 0 saturated heterocycles. The van der Waals surface area contributed by atoms with Crippen LogP contribution in [0.5, 0.6) is 5.75 Å². The van der Waals surface area contributed by atoms with E-state index in [2.05, 4.69) is 4.98 Å². The highest BCUT2D eigenvalue weighted by Gasteiger charge is 2.11. The molecule has 0 bridgehead atoms. The van der Waals surface area contributed by atoms with Gasteiger partial charge in [-0.2, -0.15) is 0 Å². The van der Waals surface area contributed by atoms with Gasteiger partial charge in [-0.05, 0) is 12.1 Å². The van der Waals surface area contributed by atoms with Gasteiger partial charge in [-0.3, -0.25) is 4.79 Å². The summed E-state index contributed by atoms with van der Waals surface area (Å²) < 4.78 is 1.86. The number of aryl methyl sites for hydroxylation is 1. The molecule has 0 aliphatic heterocycles. The average molecular weight is 245 g/mol. The minimum absolute atomic E-state index is 0.00528. The first-order valence-corrected chi connectivity index (χ1v) is 5.68. The molecule has 5 heteroatoms. The van der Waals surface area contributed by atoms with Crippen molar-refractivity contribution in [3.8, 4) is 5.75 Å². The third-order valence-electron chi connectivity index (χ3n) is 2.73. The largest absolute Gasteiger partial charge is 0.508 e. The number of rotatable bonds is 4. The number of phenolic OH excluding ortho intramolecular Hbond substituents is 1. The maximum absolute atomic E-state index is 12.0. The van der Waals surface area contributed by atoms with Gasteiger partial charge >= 0.3 is 0 Å². The molecule has 2 rings (SSSR count). The van der Waals surface area contributed by atoms with E-state index in [4.69, 9.17) is 0 Å². The van der Waals surface area contributed by atoms with Gasteiger partial charge in [0.1, 0.15) is 5.75 Å². The van der Waals surface area contributed by atoms with Crippen LogP contribution in [0.15, 0.2) is 43.0 Å². The van der Waals surface area contributed by atoms with Crippen molar-refractivity contribution in [1.29, 1.82) is 0 Å². The van der Waals surface area contributed by atoms with Gasteiger partial charge in [0.05, 0.1) is 6.33 Å². The highest BCUT2D eigenvalue weighted by Crippen LogP contribution is 2.19. The van der Waals surface area contributed by atoms with Crippen molar-refractivity contribution < 1.29 is 9.90 Å². The molecular formula is C13H15N3O2. The Morgan fingerprint density at radius 1 is 1.50 bits per heavy atom. The summed E-state index contributed by atoms with van der Waals surface area (Å²) in [5.74, 6) is 0.149. The summed E-state index contributed by atoms with van der Waals surface area (Å²) in [6.07, 6.45) is 5.58. The fraction of sp³-hybridized carbons (Fsp3) is 0.231. The highest BCUT2D eigenvalue weighted by molar-refractivity contribution is 5.92. The summed E-state index contributed by atoms with van der Waals surface area (Å²) in [5, 5.41) is 9.37. The summed E-state index contributed by atoms with van der Waals surface area (Å²) in [7, 11) is 1.70. The number of anilines is 1. The van der Waals surface area contributed by atoms with Crippen molar-refractivity contribution in [1.82, 2.24) is 9.55 Å². The molecule has 5 nitrogen and oxygen atoms in total. The molecule has 0 aliphatic rings. The van der Waals surface area contributed by atoms with Crippen molar-refractivity contribution in [2.24, 2.45) is 0 Å². The summed E-state index contributed by atoms with van der Waals surface area (Å²) in [5.41, 5.74) is 0.686. The second kappa shape index (κ2) is 5.35. The van der Waals surface area contributed by atoms with Crippen LogP contribution in [0.2, 0.25) is 0 Å². The van der Waals surface area contributed by atoms with Crippen molar-refractivity contribution >= 4 is 11.6 Å². The van der Waals surface area contributed by atoms with Crippen LogP contribution in [0.1, 0.15) is 6.42 Å². The van der Waals surface area contributed by atoms with Crippen molar-refractivity contribution in [3.63, 3.8) is 0 Å². The van der Waals surface area contributed by atoms with Crippen LogP contribution in [0.3, 0.4) is 0 Å². The number of benzene rings is 1. The van der Waals surface area contributed by atoms with Gasteiger partial charge in [0.2, 0.25) is 5.91 Å². The Morgan fingerprint density at radius 3 is 3.00 bits per heavy atom. The van der Waals surface area contributed by atoms with Gasteiger partial charge in [-0.1, -0.05) is 6.07 Å². The van der Waals surface area contributed by atoms with E-state index in [1.807, 2.05) is 10.8 Å². The van der Waals surface area contributed by atoms with E-state index >= 15 is 0 Å². The molecule has 1 aromatic carbocycles. The number of hydrogen-bond acceptors (Lipinski definition) is 3. The standard InChI is InChI=1S/C13H15N3O2/c1-15(11-3-2-4-12(17)9-11)13(18)5-7-16-8-6-14-10-16/h2-4,6,8-10,17H,5,7H2,1H3. The first kappa shape index (κ1) is 12.2. The molecule has 1 amide bonds. The van der Waals surface area contributed by atoms with E-state index in [-0.39, 0.29) is 11.7 Å². The number of nitrogens with zero attached hydrogens (tertiary/aromatic N) is 3. The lowest BCUT2D eigenvalue weighted by molar-refractivity contribution is -0.118. The number of aromatic nitrogens is 2. The van der Waals surface area contributed by atoms with Crippen LogP contribution >= 0.6 is 0 Å². The lowest BCUT2D eigenvalue weighted by Gasteiger charge is -2.17. The van der Waals surface area contributed by atoms with Crippen molar-refractivity contribution in [3.05, 3.63) is 43.0 Å². The molecule has 2 aromatic rings. The predicted molar refractivity (Wildman–Crippen MR) is 68.4 cm³/mol. The fourth-order valence-corrected chi connectivity index (χ4v) is 1.66. The lowest BCUT2D eigenvalue weighted by Crippen LogP contribution is -2.26. The van der Waals surface area contributed by atoms with E-state index in [0.717, 1.165) is 0 Å². The molecule has 0 saturated carbocycles. The van der Waals surface area contributed by atoms with Crippen LogP contribution in [0.4, 0.5) is 5.69 Å². The van der Waals surface area contributed by atoms with E-state index in [1.165, 1.54) is 4.90 Å².